The summed E-state index contributed by atoms with van der Waals surface area (Å²) in [4.78, 5) is 27.9. The molecule has 0 aliphatic carbocycles. The fraction of sp³-hybridized carbons (Fsp3) is 0.148. The summed E-state index contributed by atoms with van der Waals surface area (Å²) in [5.74, 6) is -1.01. The van der Waals surface area contributed by atoms with E-state index < -0.39 is 5.97 Å². The Labute approximate surface area is 246 Å². The molecular formula is C27H22ClN6NaO3. The molecule has 0 amide bonds. The van der Waals surface area contributed by atoms with E-state index in [2.05, 4.69) is 20.0 Å². The van der Waals surface area contributed by atoms with Gasteiger partial charge in [0.15, 0.2) is 10.8 Å². The van der Waals surface area contributed by atoms with Gasteiger partial charge in [-0.3, -0.25) is 4.98 Å². The molecule has 0 bridgehead atoms. The minimum absolute atomic E-state index is 0. The predicted octanol–water partition coefficient (Wildman–Crippen LogP) is 1.81. The maximum atomic E-state index is 11.9. The fourth-order valence-electron chi connectivity index (χ4n) is 4.54. The molecule has 5 heterocycles. The molecule has 0 spiro atoms. The quantitative estimate of drug-likeness (QED) is 0.339. The van der Waals surface area contributed by atoms with Crippen LogP contribution in [0.25, 0.3) is 40.0 Å². The second kappa shape index (κ2) is 11.2. The molecular weight excluding hydrogens is 515 g/mol. The van der Waals surface area contributed by atoms with Crippen molar-refractivity contribution in [3.63, 3.8) is 0 Å². The first-order valence-electron chi connectivity index (χ1n) is 11.7. The van der Waals surface area contributed by atoms with Crippen LogP contribution >= 0.6 is 11.6 Å². The van der Waals surface area contributed by atoms with E-state index in [1.165, 1.54) is 0 Å². The predicted molar refractivity (Wildman–Crippen MR) is 143 cm³/mol. The molecule has 1 aliphatic rings. The van der Waals surface area contributed by atoms with Gasteiger partial charge < -0.3 is 16.2 Å². The number of carboxylic acids is 1. The van der Waals surface area contributed by atoms with E-state index >= 15 is 0 Å². The fourth-order valence-corrected chi connectivity index (χ4v) is 4.72. The Balaban J connectivity index is 0.00000176. The third kappa shape index (κ3) is 5.03. The van der Waals surface area contributed by atoms with Gasteiger partial charge in [-0.2, -0.15) is 5.10 Å². The van der Waals surface area contributed by atoms with Crippen LogP contribution in [0, 0.1) is 0 Å². The second-order valence-electron chi connectivity index (χ2n) is 8.52. The van der Waals surface area contributed by atoms with Gasteiger partial charge in [0.1, 0.15) is 5.69 Å². The van der Waals surface area contributed by atoms with Crippen LogP contribution in [0.1, 0.15) is 23.2 Å². The normalized spacial score (nSPS) is 13.8. The van der Waals surface area contributed by atoms with Gasteiger partial charge in [-0.1, -0.05) is 29.8 Å². The van der Waals surface area contributed by atoms with E-state index in [1.54, 1.807) is 47.3 Å². The van der Waals surface area contributed by atoms with E-state index in [1.807, 2.05) is 30.3 Å². The van der Waals surface area contributed by atoms with Gasteiger partial charge in [0, 0.05) is 42.5 Å². The number of aromatic nitrogens is 5. The molecule has 9 nitrogen and oxygen atoms in total. The number of carbonyl (C=O) groups is 1. The zero-order chi connectivity index (χ0) is 25.4. The largest absolute Gasteiger partial charge is 1.00 e. The van der Waals surface area contributed by atoms with Crippen molar-refractivity contribution in [2.45, 2.75) is 0 Å². The molecule has 1 N–H and O–H groups in total. The number of imidazole rings is 1. The molecule has 5 aromatic rings. The molecule has 11 heteroatoms. The first-order valence-corrected chi connectivity index (χ1v) is 12.1. The van der Waals surface area contributed by atoms with Crippen LogP contribution in [-0.4, -0.2) is 61.9 Å². The van der Waals surface area contributed by atoms with Crippen LogP contribution in [0.2, 0.25) is 5.15 Å². The summed E-state index contributed by atoms with van der Waals surface area (Å²) in [6.07, 6.45) is 7.02. The van der Waals surface area contributed by atoms with Crippen LogP contribution in [0.15, 0.2) is 60.9 Å². The van der Waals surface area contributed by atoms with Crippen LogP contribution in [0.3, 0.4) is 0 Å². The van der Waals surface area contributed by atoms with Gasteiger partial charge in [0.2, 0.25) is 0 Å². The van der Waals surface area contributed by atoms with E-state index in [0.29, 0.717) is 46.3 Å². The van der Waals surface area contributed by atoms with Gasteiger partial charge in [-0.15, -0.1) is 0 Å². The number of nitrogens with zero attached hydrogens (tertiary/aromatic N) is 6. The van der Waals surface area contributed by atoms with Crippen LogP contribution < -0.4 is 34.5 Å². The average molecular weight is 537 g/mol. The number of hydrogen-bond acceptors (Lipinski definition) is 7. The van der Waals surface area contributed by atoms with Gasteiger partial charge in [0.25, 0.3) is 0 Å². The topological polar surface area (TPSA) is 106 Å². The summed E-state index contributed by atoms with van der Waals surface area (Å²) in [5.41, 5.74) is 4.98. The van der Waals surface area contributed by atoms with Crippen molar-refractivity contribution in [1.82, 2.24) is 24.6 Å². The minimum atomic E-state index is -1.01. The van der Waals surface area contributed by atoms with Crippen LogP contribution in [0.4, 0.5) is 5.69 Å². The number of morpholine rings is 1. The van der Waals surface area contributed by atoms with Crippen LogP contribution in [-0.2, 0) is 4.74 Å². The third-order valence-corrected chi connectivity index (χ3v) is 6.41. The Morgan fingerprint density at radius 2 is 1.89 bits per heavy atom. The van der Waals surface area contributed by atoms with Crippen molar-refractivity contribution >= 4 is 52.0 Å². The summed E-state index contributed by atoms with van der Waals surface area (Å²) >= 11 is 6.47. The number of pyridine rings is 2. The maximum Gasteiger partial charge on any atom is 1.00 e. The van der Waals surface area contributed by atoms with E-state index in [0.717, 1.165) is 30.0 Å². The Bertz CT molecular complexity index is 1680. The Morgan fingerprint density at radius 3 is 2.66 bits per heavy atom. The molecule has 1 aliphatic heterocycles. The Morgan fingerprint density at radius 1 is 1.08 bits per heavy atom. The summed E-state index contributed by atoms with van der Waals surface area (Å²) in [5, 5.41) is 15.3. The number of para-hydroxylation sites is 1. The SMILES string of the molecule is O=C(O)c1cc(/C=C/c2nc3c(N4CCOCC4)cc(Cl)nn3c2-c2cccnc2)nc2ccccc12.[H-].[Na+]. The summed E-state index contributed by atoms with van der Waals surface area (Å²) in [6.45, 7) is 2.67. The number of ether oxygens (including phenoxy) is 1. The molecule has 1 fully saturated rings. The number of fused-ring (bicyclic) bond motifs is 2. The zero-order valence-corrected chi connectivity index (χ0v) is 23.3. The molecule has 4 aromatic heterocycles. The first kappa shape index (κ1) is 26.3. The summed E-state index contributed by atoms with van der Waals surface area (Å²) in [6, 6.07) is 14.3. The summed E-state index contributed by atoms with van der Waals surface area (Å²) in [7, 11) is 0. The van der Waals surface area contributed by atoms with Gasteiger partial charge in [-0.05, 0) is 36.4 Å². The monoisotopic (exact) mass is 536 g/mol. The smallest absolute Gasteiger partial charge is 1.00 e. The number of rotatable bonds is 5. The van der Waals surface area contributed by atoms with Gasteiger partial charge in [0.05, 0.1) is 41.4 Å². The standard InChI is InChI=1S/C27H21ClN6O3.Na.H/c28-24-15-23(33-10-12-37-13-11-33)26-31-22(25(34(26)32-24)17-4-3-9-29-16-17)8-7-18-14-20(27(35)36)19-5-1-2-6-21(19)30-18;;/h1-9,14-16H,10-13H2,(H,35,36);;/q;+1;-1/b8-7+;;. The van der Waals surface area contributed by atoms with E-state index in [-0.39, 0.29) is 36.5 Å². The molecule has 0 atom stereocenters. The number of carboxylic acid groups (broad SMARTS) is 1. The first-order chi connectivity index (χ1) is 18.1. The summed E-state index contributed by atoms with van der Waals surface area (Å²) < 4.78 is 7.26. The van der Waals surface area contributed by atoms with Gasteiger partial charge >= 0.3 is 35.5 Å². The molecule has 0 radical (unpaired) electrons. The van der Waals surface area contributed by atoms with Crippen molar-refractivity contribution < 1.29 is 45.6 Å². The minimum Gasteiger partial charge on any atom is -1.00 e. The average Bonchev–Trinajstić information content (AvgIpc) is 3.30. The molecule has 1 aromatic carbocycles. The number of halogens is 1. The molecule has 0 unspecified atom stereocenters. The molecule has 38 heavy (non-hydrogen) atoms. The maximum absolute atomic E-state index is 11.9. The molecule has 0 saturated carbocycles. The second-order valence-corrected chi connectivity index (χ2v) is 8.91. The van der Waals surface area contributed by atoms with Crippen molar-refractivity contribution in [3.05, 3.63) is 83.0 Å². The number of hydrogen-bond donors (Lipinski definition) is 1. The number of benzene rings is 1. The van der Waals surface area contributed by atoms with E-state index in [9.17, 15) is 9.90 Å². The van der Waals surface area contributed by atoms with Crippen LogP contribution in [0.5, 0.6) is 0 Å². The Hall–Kier alpha value is -3.34. The van der Waals surface area contributed by atoms with Crippen molar-refractivity contribution in [2.24, 2.45) is 0 Å². The third-order valence-electron chi connectivity index (χ3n) is 6.23. The number of anilines is 1. The van der Waals surface area contributed by atoms with Crippen molar-refractivity contribution in [3.8, 4) is 11.3 Å². The Kier molecular flexibility index (Phi) is 7.73. The van der Waals surface area contributed by atoms with Crippen molar-refractivity contribution in [1.29, 1.82) is 0 Å². The molecule has 1 saturated heterocycles. The zero-order valence-electron chi connectivity index (χ0n) is 21.6. The van der Waals surface area contributed by atoms with Gasteiger partial charge in [-0.25, -0.2) is 19.3 Å². The molecule has 6 rings (SSSR count). The van der Waals surface area contributed by atoms with E-state index in [4.69, 9.17) is 21.3 Å². The molecule has 186 valence electrons. The van der Waals surface area contributed by atoms with Crippen molar-refractivity contribution in [2.75, 3.05) is 31.2 Å². The number of aromatic carboxylic acids is 1.